The van der Waals surface area contributed by atoms with Crippen LogP contribution in [0.15, 0.2) is 47.5 Å². The second-order valence-electron chi connectivity index (χ2n) is 6.50. The molecule has 1 aromatic carbocycles. The van der Waals surface area contributed by atoms with E-state index < -0.39 is 9.84 Å². The molecule has 6 heteroatoms. The zero-order chi connectivity index (χ0) is 17.7. The molecule has 0 unspecified atom stereocenters. The second kappa shape index (κ2) is 7.87. The summed E-state index contributed by atoms with van der Waals surface area (Å²) in [5, 5.41) is 3.11. The summed E-state index contributed by atoms with van der Waals surface area (Å²) < 4.78 is 29.6. The highest BCUT2D eigenvalue weighted by Crippen LogP contribution is 2.24. The Balaban J connectivity index is 1.61. The van der Waals surface area contributed by atoms with Crippen molar-refractivity contribution in [2.75, 3.05) is 11.6 Å². The van der Waals surface area contributed by atoms with Gasteiger partial charge >= 0.3 is 0 Å². The van der Waals surface area contributed by atoms with Gasteiger partial charge in [-0.05, 0) is 55.5 Å². The number of pyridine rings is 1. The average molecular weight is 360 g/mol. The Hall–Kier alpha value is -2.08. The van der Waals surface area contributed by atoms with E-state index in [-0.39, 0.29) is 4.90 Å². The van der Waals surface area contributed by atoms with E-state index in [0.29, 0.717) is 18.5 Å². The summed E-state index contributed by atoms with van der Waals surface area (Å²) in [6.45, 7) is 0.503. The Bertz CT molecular complexity index is 798. The van der Waals surface area contributed by atoms with Crippen LogP contribution in [0.5, 0.6) is 5.75 Å². The van der Waals surface area contributed by atoms with Crippen molar-refractivity contribution in [3.05, 3.63) is 48.2 Å². The smallest absolute Gasteiger partial charge is 0.179 e. The van der Waals surface area contributed by atoms with E-state index in [4.69, 9.17) is 4.74 Å². The van der Waals surface area contributed by atoms with Crippen LogP contribution in [0.25, 0.3) is 0 Å². The lowest BCUT2D eigenvalue weighted by molar-refractivity contribution is 0.155. The molecule has 1 aliphatic rings. The van der Waals surface area contributed by atoms with Crippen molar-refractivity contribution in [3.8, 4) is 5.75 Å². The van der Waals surface area contributed by atoms with E-state index in [1.807, 2.05) is 24.3 Å². The number of hydrogen-bond donors (Lipinski definition) is 1. The molecule has 1 saturated carbocycles. The molecule has 3 rings (SSSR count). The van der Waals surface area contributed by atoms with Gasteiger partial charge in [0.15, 0.2) is 9.84 Å². The molecule has 0 atom stereocenters. The topological polar surface area (TPSA) is 68.3 Å². The van der Waals surface area contributed by atoms with Crippen LogP contribution in [-0.4, -0.2) is 25.8 Å². The molecule has 0 saturated heterocycles. The fourth-order valence-corrected chi connectivity index (χ4v) is 3.87. The molecule has 0 spiro atoms. The summed E-state index contributed by atoms with van der Waals surface area (Å²) >= 11 is 0. The van der Waals surface area contributed by atoms with E-state index in [2.05, 4.69) is 10.3 Å². The summed E-state index contributed by atoms with van der Waals surface area (Å²) in [5.41, 5.74) is 1.04. The summed E-state index contributed by atoms with van der Waals surface area (Å²) in [4.78, 5) is 4.36. The van der Waals surface area contributed by atoms with Gasteiger partial charge in [0.25, 0.3) is 0 Å². The molecule has 1 heterocycles. The van der Waals surface area contributed by atoms with Crippen molar-refractivity contribution in [1.82, 2.24) is 4.98 Å². The number of sulfone groups is 1. The highest BCUT2D eigenvalue weighted by atomic mass is 32.2. The SMILES string of the molecule is CS(=O)(=O)c1cccnc1NCc1ccc(OC2CCCCC2)cc1. The number of nitrogens with one attached hydrogen (secondary N) is 1. The summed E-state index contributed by atoms with van der Waals surface area (Å²) in [6, 6.07) is 11.1. The van der Waals surface area contributed by atoms with Crippen LogP contribution in [0.2, 0.25) is 0 Å². The molecule has 5 nitrogen and oxygen atoms in total. The van der Waals surface area contributed by atoms with Gasteiger partial charge in [0.1, 0.15) is 16.5 Å². The molecule has 25 heavy (non-hydrogen) atoms. The molecule has 1 N–H and O–H groups in total. The van der Waals surface area contributed by atoms with Gasteiger partial charge in [-0.3, -0.25) is 0 Å². The summed E-state index contributed by atoms with van der Waals surface area (Å²) in [5.74, 6) is 1.28. The molecule has 0 radical (unpaired) electrons. The van der Waals surface area contributed by atoms with E-state index in [1.54, 1.807) is 18.3 Å². The lowest BCUT2D eigenvalue weighted by atomic mass is 9.98. The Kier molecular flexibility index (Phi) is 5.58. The van der Waals surface area contributed by atoms with Crippen molar-refractivity contribution in [3.63, 3.8) is 0 Å². The first-order valence-electron chi connectivity index (χ1n) is 8.67. The summed E-state index contributed by atoms with van der Waals surface area (Å²) in [7, 11) is -3.31. The average Bonchev–Trinajstić information content (AvgIpc) is 2.61. The molecule has 1 fully saturated rings. The first-order valence-corrected chi connectivity index (χ1v) is 10.6. The molecule has 0 aliphatic heterocycles. The fourth-order valence-electron chi connectivity index (χ4n) is 3.07. The van der Waals surface area contributed by atoms with E-state index in [1.165, 1.54) is 25.5 Å². The molecular weight excluding hydrogens is 336 g/mol. The zero-order valence-electron chi connectivity index (χ0n) is 14.4. The van der Waals surface area contributed by atoms with Crippen LogP contribution in [-0.2, 0) is 16.4 Å². The minimum Gasteiger partial charge on any atom is -0.490 e. The van der Waals surface area contributed by atoms with Crippen LogP contribution in [0.3, 0.4) is 0 Å². The number of hydrogen-bond acceptors (Lipinski definition) is 5. The maximum absolute atomic E-state index is 11.8. The Morgan fingerprint density at radius 3 is 2.52 bits per heavy atom. The minimum atomic E-state index is -3.31. The fraction of sp³-hybridized carbons (Fsp3) is 0.421. The monoisotopic (exact) mass is 360 g/mol. The van der Waals surface area contributed by atoms with Crippen LogP contribution in [0.4, 0.5) is 5.82 Å². The molecular formula is C19H24N2O3S. The first kappa shape index (κ1) is 17.7. The van der Waals surface area contributed by atoms with E-state index in [9.17, 15) is 8.42 Å². The van der Waals surface area contributed by atoms with Gasteiger partial charge < -0.3 is 10.1 Å². The van der Waals surface area contributed by atoms with Gasteiger partial charge in [-0.1, -0.05) is 18.6 Å². The standard InChI is InChI=1S/C19H24N2O3S/c1-25(22,23)18-8-5-13-20-19(18)21-14-15-9-11-17(12-10-15)24-16-6-3-2-4-7-16/h5,8-13,16H,2-4,6-7,14H2,1H3,(H,20,21). The quantitative estimate of drug-likeness (QED) is 0.848. The van der Waals surface area contributed by atoms with Crippen LogP contribution in [0, 0.1) is 0 Å². The lowest BCUT2D eigenvalue weighted by Gasteiger charge is -2.23. The van der Waals surface area contributed by atoms with Gasteiger partial charge in [0, 0.05) is 19.0 Å². The van der Waals surface area contributed by atoms with Crippen molar-refractivity contribution < 1.29 is 13.2 Å². The lowest BCUT2D eigenvalue weighted by Crippen LogP contribution is -2.19. The van der Waals surface area contributed by atoms with Gasteiger partial charge in [-0.25, -0.2) is 13.4 Å². The second-order valence-corrected chi connectivity index (χ2v) is 8.48. The predicted octanol–water partition coefficient (Wildman–Crippen LogP) is 3.81. The number of ether oxygens (including phenoxy) is 1. The third-order valence-electron chi connectivity index (χ3n) is 4.41. The molecule has 0 bridgehead atoms. The molecule has 2 aromatic rings. The van der Waals surface area contributed by atoms with Crippen LogP contribution < -0.4 is 10.1 Å². The maximum atomic E-state index is 11.8. The third kappa shape index (κ3) is 4.95. The van der Waals surface area contributed by atoms with Crippen molar-refractivity contribution in [2.45, 2.75) is 49.6 Å². The van der Waals surface area contributed by atoms with Gasteiger partial charge in [-0.15, -0.1) is 0 Å². The van der Waals surface area contributed by atoms with Gasteiger partial charge in [0.05, 0.1) is 6.10 Å². The van der Waals surface area contributed by atoms with Crippen LogP contribution >= 0.6 is 0 Å². The number of nitrogens with zero attached hydrogens (tertiary/aromatic N) is 1. The van der Waals surface area contributed by atoms with Gasteiger partial charge in [0.2, 0.25) is 0 Å². The Morgan fingerprint density at radius 1 is 1.12 bits per heavy atom. The molecule has 0 amide bonds. The normalized spacial score (nSPS) is 15.7. The zero-order valence-corrected chi connectivity index (χ0v) is 15.3. The maximum Gasteiger partial charge on any atom is 0.179 e. The molecule has 134 valence electrons. The van der Waals surface area contributed by atoms with E-state index >= 15 is 0 Å². The first-order chi connectivity index (χ1) is 12.0. The van der Waals surface area contributed by atoms with Crippen LogP contribution in [0.1, 0.15) is 37.7 Å². The summed E-state index contributed by atoms with van der Waals surface area (Å²) in [6.07, 6.45) is 9.19. The third-order valence-corrected chi connectivity index (χ3v) is 5.54. The van der Waals surface area contributed by atoms with Crippen molar-refractivity contribution in [1.29, 1.82) is 0 Å². The number of rotatable bonds is 6. The predicted molar refractivity (Wildman–Crippen MR) is 98.6 cm³/mol. The minimum absolute atomic E-state index is 0.215. The molecule has 1 aliphatic carbocycles. The molecule has 1 aromatic heterocycles. The van der Waals surface area contributed by atoms with Crippen molar-refractivity contribution >= 4 is 15.7 Å². The number of aromatic nitrogens is 1. The largest absolute Gasteiger partial charge is 0.490 e. The Morgan fingerprint density at radius 2 is 1.84 bits per heavy atom. The van der Waals surface area contributed by atoms with E-state index in [0.717, 1.165) is 24.2 Å². The highest BCUT2D eigenvalue weighted by Gasteiger charge is 2.15. The highest BCUT2D eigenvalue weighted by molar-refractivity contribution is 7.90. The Labute approximate surface area is 149 Å². The van der Waals surface area contributed by atoms with Gasteiger partial charge in [-0.2, -0.15) is 0 Å². The number of benzene rings is 1. The van der Waals surface area contributed by atoms with Crippen molar-refractivity contribution in [2.24, 2.45) is 0 Å². The number of anilines is 1.